The van der Waals surface area contributed by atoms with Crippen molar-refractivity contribution in [3.63, 3.8) is 0 Å². The molecule has 2 aliphatic rings. The highest BCUT2D eigenvalue weighted by Gasteiger charge is 2.43. The van der Waals surface area contributed by atoms with E-state index in [9.17, 15) is 14.4 Å². The molecule has 1 aliphatic carbocycles. The lowest BCUT2D eigenvalue weighted by atomic mass is 9.74. The van der Waals surface area contributed by atoms with Gasteiger partial charge in [-0.1, -0.05) is 0 Å². The van der Waals surface area contributed by atoms with E-state index in [1.807, 2.05) is 0 Å². The Labute approximate surface area is 117 Å². The van der Waals surface area contributed by atoms with Gasteiger partial charge < -0.3 is 20.1 Å². The van der Waals surface area contributed by atoms with Gasteiger partial charge in [0.15, 0.2) is 0 Å². The number of nitrogens with one attached hydrogen (secondary N) is 1. The van der Waals surface area contributed by atoms with Gasteiger partial charge in [0, 0.05) is 6.54 Å². The number of hydrogen-bond donors (Lipinski definition) is 2. The normalized spacial score (nSPS) is 23.9. The highest BCUT2D eigenvalue weighted by Crippen LogP contribution is 2.35. The molecule has 0 spiro atoms. The summed E-state index contributed by atoms with van der Waals surface area (Å²) in [5.74, 6) is -1.34. The monoisotopic (exact) mass is 284 g/mol. The summed E-state index contributed by atoms with van der Waals surface area (Å²) < 4.78 is 4.69. The topological polar surface area (TPSA) is 95.9 Å². The summed E-state index contributed by atoms with van der Waals surface area (Å²) in [4.78, 5) is 36.2. The Hall–Kier alpha value is -1.79. The van der Waals surface area contributed by atoms with Gasteiger partial charge in [-0.25, -0.2) is 9.59 Å². The van der Waals surface area contributed by atoms with Crippen molar-refractivity contribution in [2.75, 3.05) is 13.7 Å². The molecule has 1 heterocycles. The number of amides is 2. The average molecular weight is 284 g/mol. The van der Waals surface area contributed by atoms with Gasteiger partial charge in [-0.2, -0.15) is 0 Å². The molecule has 2 amide bonds. The summed E-state index contributed by atoms with van der Waals surface area (Å²) in [6, 6.07) is -0.916. The first-order chi connectivity index (χ1) is 9.47. The number of esters is 1. The van der Waals surface area contributed by atoms with Crippen LogP contribution in [0.1, 0.15) is 38.5 Å². The van der Waals surface area contributed by atoms with Gasteiger partial charge in [-0.05, 0) is 32.1 Å². The molecule has 1 atom stereocenters. The molecule has 2 N–H and O–H groups in total. The van der Waals surface area contributed by atoms with Crippen LogP contribution < -0.4 is 5.32 Å². The fourth-order valence-corrected chi connectivity index (χ4v) is 2.93. The SMILES string of the molecule is COC(=O)C1CCCN1C(=O)NC1(CC(=O)O)CCC1. The summed E-state index contributed by atoms with van der Waals surface area (Å²) in [5, 5.41) is 11.7. The highest BCUT2D eigenvalue weighted by atomic mass is 16.5. The standard InChI is InChI=1S/C13H20N2O5/c1-20-11(18)9-4-2-7-15(9)12(19)14-13(5-3-6-13)8-10(16)17/h9H,2-8H2,1H3,(H,14,19)(H,16,17). The lowest BCUT2D eigenvalue weighted by Crippen LogP contribution is -2.59. The second-order valence-electron chi connectivity index (χ2n) is 5.51. The van der Waals surface area contributed by atoms with Crippen molar-refractivity contribution in [3.8, 4) is 0 Å². The number of likely N-dealkylation sites (tertiary alicyclic amines) is 1. The molecule has 1 saturated carbocycles. The predicted octanol–water partition coefficient (Wildman–Crippen LogP) is 0.731. The van der Waals surface area contributed by atoms with Crippen LogP contribution in [-0.4, -0.2) is 53.2 Å². The first kappa shape index (κ1) is 14.6. The van der Waals surface area contributed by atoms with Crippen LogP contribution >= 0.6 is 0 Å². The average Bonchev–Trinajstić information content (AvgIpc) is 2.83. The van der Waals surface area contributed by atoms with Crippen LogP contribution in [0.5, 0.6) is 0 Å². The number of aliphatic carboxylic acids is 1. The van der Waals surface area contributed by atoms with E-state index in [1.165, 1.54) is 12.0 Å². The molecule has 20 heavy (non-hydrogen) atoms. The van der Waals surface area contributed by atoms with Crippen molar-refractivity contribution in [3.05, 3.63) is 0 Å². The molecule has 0 aromatic carbocycles. The van der Waals surface area contributed by atoms with E-state index < -0.39 is 23.5 Å². The molecule has 0 radical (unpaired) electrons. The van der Waals surface area contributed by atoms with Crippen molar-refractivity contribution < 1.29 is 24.2 Å². The highest BCUT2D eigenvalue weighted by molar-refractivity contribution is 5.85. The third-order valence-electron chi connectivity index (χ3n) is 4.16. The van der Waals surface area contributed by atoms with E-state index in [0.717, 1.165) is 12.8 Å². The molecule has 7 nitrogen and oxygen atoms in total. The maximum absolute atomic E-state index is 12.3. The van der Waals surface area contributed by atoms with Crippen LogP contribution in [0, 0.1) is 0 Å². The summed E-state index contributed by atoms with van der Waals surface area (Å²) in [6.45, 7) is 0.495. The molecular weight excluding hydrogens is 264 g/mol. The zero-order chi connectivity index (χ0) is 14.8. The summed E-state index contributed by atoms with van der Waals surface area (Å²) in [7, 11) is 1.30. The van der Waals surface area contributed by atoms with Crippen LogP contribution in [0.25, 0.3) is 0 Å². The second-order valence-corrected chi connectivity index (χ2v) is 5.51. The minimum absolute atomic E-state index is 0.0739. The Morgan fingerprint density at radius 1 is 1.35 bits per heavy atom. The van der Waals surface area contributed by atoms with Crippen LogP contribution in [0.4, 0.5) is 4.79 Å². The van der Waals surface area contributed by atoms with Crippen molar-refractivity contribution in [1.29, 1.82) is 0 Å². The van der Waals surface area contributed by atoms with Crippen LogP contribution in [0.3, 0.4) is 0 Å². The van der Waals surface area contributed by atoms with Gasteiger partial charge in [0.25, 0.3) is 0 Å². The van der Waals surface area contributed by atoms with Gasteiger partial charge in [0.05, 0.1) is 19.1 Å². The maximum atomic E-state index is 12.3. The maximum Gasteiger partial charge on any atom is 0.328 e. The number of ether oxygens (including phenoxy) is 1. The molecule has 2 rings (SSSR count). The largest absolute Gasteiger partial charge is 0.481 e. The van der Waals surface area contributed by atoms with Gasteiger partial charge in [-0.15, -0.1) is 0 Å². The minimum Gasteiger partial charge on any atom is -0.481 e. The van der Waals surface area contributed by atoms with E-state index in [4.69, 9.17) is 9.84 Å². The second kappa shape index (κ2) is 5.68. The number of carbonyl (C=O) groups is 3. The minimum atomic E-state index is -0.920. The van der Waals surface area contributed by atoms with E-state index >= 15 is 0 Å². The van der Waals surface area contributed by atoms with Crippen LogP contribution in [0.15, 0.2) is 0 Å². The lowest BCUT2D eigenvalue weighted by Gasteiger charge is -2.42. The fraction of sp³-hybridized carbons (Fsp3) is 0.769. The molecule has 1 unspecified atom stereocenters. The molecule has 7 heteroatoms. The molecular formula is C13H20N2O5. The zero-order valence-corrected chi connectivity index (χ0v) is 11.6. The van der Waals surface area contributed by atoms with E-state index in [1.54, 1.807) is 0 Å². The quantitative estimate of drug-likeness (QED) is 0.742. The van der Waals surface area contributed by atoms with Crippen molar-refractivity contribution in [1.82, 2.24) is 10.2 Å². The van der Waals surface area contributed by atoms with Crippen LogP contribution in [-0.2, 0) is 14.3 Å². The number of carboxylic acids is 1. The molecule has 112 valence electrons. The van der Waals surface area contributed by atoms with Crippen molar-refractivity contribution >= 4 is 18.0 Å². The number of carboxylic acid groups (broad SMARTS) is 1. The van der Waals surface area contributed by atoms with Gasteiger partial charge in [0.1, 0.15) is 6.04 Å². The molecule has 2 fully saturated rings. The van der Waals surface area contributed by atoms with Gasteiger partial charge in [0.2, 0.25) is 0 Å². The Morgan fingerprint density at radius 3 is 2.55 bits per heavy atom. The summed E-state index contributed by atoms with van der Waals surface area (Å²) in [6.07, 6.45) is 3.51. The molecule has 1 saturated heterocycles. The number of rotatable bonds is 4. The van der Waals surface area contributed by atoms with E-state index in [0.29, 0.717) is 25.8 Å². The summed E-state index contributed by atoms with van der Waals surface area (Å²) >= 11 is 0. The smallest absolute Gasteiger partial charge is 0.328 e. The summed E-state index contributed by atoms with van der Waals surface area (Å²) in [5.41, 5.74) is -0.647. The Morgan fingerprint density at radius 2 is 2.05 bits per heavy atom. The first-order valence-electron chi connectivity index (χ1n) is 6.86. The lowest BCUT2D eigenvalue weighted by molar-refractivity contribution is -0.145. The van der Waals surface area contributed by atoms with Crippen LogP contribution in [0.2, 0.25) is 0 Å². The van der Waals surface area contributed by atoms with Gasteiger partial charge >= 0.3 is 18.0 Å². The molecule has 0 aromatic rings. The predicted molar refractivity (Wildman–Crippen MR) is 69.1 cm³/mol. The van der Waals surface area contributed by atoms with E-state index in [-0.39, 0.29) is 12.5 Å². The number of methoxy groups -OCH3 is 1. The molecule has 1 aliphatic heterocycles. The fourth-order valence-electron chi connectivity index (χ4n) is 2.93. The first-order valence-corrected chi connectivity index (χ1v) is 6.86. The number of urea groups is 1. The molecule has 0 aromatic heterocycles. The van der Waals surface area contributed by atoms with E-state index in [2.05, 4.69) is 5.32 Å². The van der Waals surface area contributed by atoms with Gasteiger partial charge in [-0.3, -0.25) is 4.79 Å². The third-order valence-corrected chi connectivity index (χ3v) is 4.16. The number of hydrogen-bond acceptors (Lipinski definition) is 4. The third kappa shape index (κ3) is 2.86. The van der Waals surface area contributed by atoms with Crippen molar-refractivity contribution in [2.45, 2.75) is 50.1 Å². The van der Waals surface area contributed by atoms with Crippen molar-refractivity contribution in [2.24, 2.45) is 0 Å². The zero-order valence-electron chi connectivity index (χ0n) is 11.6. The Bertz CT molecular complexity index is 419. The molecule has 0 bridgehead atoms. The Balaban J connectivity index is 2.00. The number of nitrogens with zero attached hydrogens (tertiary/aromatic N) is 1. The Kier molecular flexibility index (Phi) is 4.15. The number of carbonyl (C=O) groups excluding carboxylic acids is 2.